The average Bonchev–Trinajstić information content (AvgIpc) is 2.38. The molecule has 0 saturated carbocycles. The SMILES string of the molecule is [SiH3]CCCNCCCNCCc1ccccc1. The van der Waals surface area contributed by atoms with Crippen molar-refractivity contribution < 1.29 is 0 Å². The highest BCUT2D eigenvalue weighted by atomic mass is 28.1. The van der Waals surface area contributed by atoms with E-state index in [1.54, 1.807) is 0 Å². The fourth-order valence-corrected chi connectivity index (χ4v) is 2.12. The Hall–Kier alpha value is -0.643. The highest BCUT2D eigenvalue weighted by molar-refractivity contribution is 6.08. The van der Waals surface area contributed by atoms with Crippen LogP contribution < -0.4 is 10.6 Å². The Morgan fingerprint density at radius 2 is 1.47 bits per heavy atom. The first-order valence-corrected chi connectivity index (χ1v) is 8.30. The third-order valence-corrected chi connectivity index (χ3v) is 3.55. The lowest BCUT2D eigenvalue weighted by molar-refractivity contribution is 0.593. The fraction of sp³-hybridized carbons (Fsp3) is 0.571. The van der Waals surface area contributed by atoms with Crippen molar-refractivity contribution in [3.8, 4) is 0 Å². The molecule has 1 rings (SSSR count). The van der Waals surface area contributed by atoms with Gasteiger partial charge in [0.25, 0.3) is 0 Å². The lowest BCUT2D eigenvalue weighted by Crippen LogP contribution is -2.24. The second kappa shape index (κ2) is 10.5. The van der Waals surface area contributed by atoms with Gasteiger partial charge in [-0.3, -0.25) is 0 Å². The van der Waals surface area contributed by atoms with Gasteiger partial charge in [-0.2, -0.15) is 0 Å². The second-order valence-corrected chi connectivity index (χ2v) is 5.44. The molecule has 96 valence electrons. The van der Waals surface area contributed by atoms with Crippen LogP contribution in [-0.4, -0.2) is 36.4 Å². The van der Waals surface area contributed by atoms with E-state index in [1.165, 1.54) is 41.2 Å². The zero-order valence-electron chi connectivity index (χ0n) is 11.0. The number of nitrogens with one attached hydrogen (secondary N) is 2. The molecule has 0 aliphatic heterocycles. The van der Waals surface area contributed by atoms with Gasteiger partial charge in [-0.05, 0) is 51.0 Å². The van der Waals surface area contributed by atoms with Crippen LogP contribution in [-0.2, 0) is 6.42 Å². The van der Waals surface area contributed by atoms with Crippen LogP contribution in [0.15, 0.2) is 30.3 Å². The molecule has 0 amide bonds. The molecule has 0 aliphatic rings. The zero-order chi connectivity index (χ0) is 12.2. The van der Waals surface area contributed by atoms with E-state index in [0.29, 0.717) is 0 Å². The van der Waals surface area contributed by atoms with Gasteiger partial charge < -0.3 is 10.6 Å². The van der Waals surface area contributed by atoms with Crippen LogP contribution >= 0.6 is 0 Å². The van der Waals surface area contributed by atoms with Crippen molar-refractivity contribution in [1.29, 1.82) is 0 Å². The number of rotatable bonds is 10. The molecule has 0 aromatic heterocycles. The molecule has 0 heterocycles. The van der Waals surface area contributed by atoms with E-state index in [4.69, 9.17) is 0 Å². The van der Waals surface area contributed by atoms with Crippen molar-refractivity contribution in [3.05, 3.63) is 35.9 Å². The molecule has 1 aromatic rings. The number of benzene rings is 1. The largest absolute Gasteiger partial charge is 0.317 e. The topological polar surface area (TPSA) is 24.1 Å². The molecule has 2 N–H and O–H groups in total. The summed E-state index contributed by atoms with van der Waals surface area (Å²) in [6.45, 7) is 4.57. The van der Waals surface area contributed by atoms with E-state index in [2.05, 4.69) is 41.0 Å². The minimum Gasteiger partial charge on any atom is -0.317 e. The first-order chi connectivity index (χ1) is 8.43. The maximum atomic E-state index is 3.49. The van der Waals surface area contributed by atoms with Crippen molar-refractivity contribution in [1.82, 2.24) is 10.6 Å². The first kappa shape index (κ1) is 14.4. The predicted octanol–water partition coefficient (Wildman–Crippen LogP) is 0.972. The normalized spacial score (nSPS) is 10.8. The fourth-order valence-electron chi connectivity index (χ4n) is 1.77. The maximum Gasteiger partial charge on any atom is 0.00286 e. The van der Waals surface area contributed by atoms with E-state index in [0.717, 1.165) is 26.1 Å². The van der Waals surface area contributed by atoms with Crippen molar-refractivity contribution in [2.45, 2.75) is 25.3 Å². The van der Waals surface area contributed by atoms with Crippen molar-refractivity contribution >= 4 is 10.2 Å². The van der Waals surface area contributed by atoms with E-state index in [-0.39, 0.29) is 0 Å². The Balaban J connectivity index is 1.85. The van der Waals surface area contributed by atoms with E-state index in [1.807, 2.05) is 0 Å². The summed E-state index contributed by atoms with van der Waals surface area (Å²) in [5, 5.41) is 6.97. The van der Waals surface area contributed by atoms with E-state index >= 15 is 0 Å². The summed E-state index contributed by atoms with van der Waals surface area (Å²) in [4.78, 5) is 0. The van der Waals surface area contributed by atoms with Gasteiger partial charge in [0, 0.05) is 10.2 Å². The predicted molar refractivity (Wildman–Crippen MR) is 79.9 cm³/mol. The first-order valence-electron chi connectivity index (χ1n) is 6.89. The van der Waals surface area contributed by atoms with E-state index in [9.17, 15) is 0 Å². The molecule has 0 unspecified atom stereocenters. The van der Waals surface area contributed by atoms with Crippen LogP contribution in [0.4, 0.5) is 0 Å². The number of hydrogen-bond donors (Lipinski definition) is 2. The van der Waals surface area contributed by atoms with Crippen molar-refractivity contribution in [3.63, 3.8) is 0 Å². The van der Waals surface area contributed by atoms with Gasteiger partial charge in [0.05, 0.1) is 0 Å². The van der Waals surface area contributed by atoms with Gasteiger partial charge >= 0.3 is 0 Å². The second-order valence-electron chi connectivity index (χ2n) is 4.44. The van der Waals surface area contributed by atoms with Crippen molar-refractivity contribution in [2.24, 2.45) is 0 Å². The minimum absolute atomic E-state index is 1.09. The molecule has 0 fully saturated rings. The Labute approximate surface area is 109 Å². The van der Waals surface area contributed by atoms with Gasteiger partial charge in [-0.15, -0.1) is 0 Å². The molecule has 0 spiro atoms. The average molecular weight is 250 g/mol. The summed E-state index contributed by atoms with van der Waals surface area (Å²) in [7, 11) is 1.34. The van der Waals surface area contributed by atoms with E-state index < -0.39 is 0 Å². The summed E-state index contributed by atoms with van der Waals surface area (Å²) in [5.74, 6) is 0. The molecule has 3 heteroatoms. The highest BCUT2D eigenvalue weighted by Gasteiger charge is 1.91. The van der Waals surface area contributed by atoms with Gasteiger partial charge in [0.2, 0.25) is 0 Å². The zero-order valence-corrected chi connectivity index (χ0v) is 13.0. The molecule has 0 saturated heterocycles. The summed E-state index contributed by atoms with van der Waals surface area (Å²) >= 11 is 0. The standard InChI is InChI=1S/C14H26N2Si/c17-13-5-11-15-9-4-10-16-12-8-14-6-2-1-3-7-14/h1-3,6-7,15-16H,4-5,8-13H2,17H3. The third kappa shape index (κ3) is 8.13. The molecular weight excluding hydrogens is 224 g/mol. The Morgan fingerprint density at radius 1 is 0.824 bits per heavy atom. The Bertz CT molecular complexity index is 264. The van der Waals surface area contributed by atoms with Crippen LogP contribution in [0.5, 0.6) is 0 Å². The molecule has 0 aliphatic carbocycles. The Morgan fingerprint density at radius 3 is 2.18 bits per heavy atom. The maximum absolute atomic E-state index is 3.49. The molecule has 0 bridgehead atoms. The van der Waals surface area contributed by atoms with Gasteiger partial charge in [0.15, 0.2) is 0 Å². The smallest absolute Gasteiger partial charge is 0.00286 e. The van der Waals surface area contributed by atoms with Crippen LogP contribution in [0.25, 0.3) is 0 Å². The highest BCUT2D eigenvalue weighted by Crippen LogP contribution is 1.97. The summed E-state index contributed by atoms with van der Waals surface area (Å²) < 4.78 is 0. The molecule has 0 atom stereocenters. The summed E-state index contributed by atoms with van der Waals surface area (Å²) in [6, 6.07) is 12.1. The van der Waals surface area contributed by atoms with Crippen LogP contribution in [0.1, 0.15) is 18.4 Å². The lowest BCUT2D eigenvalue weighted by atomic mass is 10.1. The van der Waals surface area contributed by atoms with Crippen LogP contribution in [0.2, 0.25) is 6.04 Å². The number of hydrogen-bond acceptors (Lipinski definition) is 2. The van der Waals surface area contributed by atoms with Crippen LogP contribution in [0, 0.1) is 0 Å². The molecule has 0 radical (unpaired) electrons. The van der Waals surface area contributed by atoms with Crippen molar-refractivity contribution in [2.75, 3.05) is 26.2 Å². The quantitative estimate of drug-likeness (QED) is 0.478. The summed E-state index contributed by atoms with van der Waals surface area (Å²) in [5.41, 5.74) is 1.42. The molecular formula is C14H26N2Si. The minimum atomic E-state index is 1.09. The monoisotopic (exact) mass is 250 g/mol. The van der Waals surface area contributed by atoms with Gasteiger partial charge in [-0.1, -0.05) is 36.4 Å². The molecule has 2 nitrogen and oxygen atoms in total. The van der Waals surface area contributed by atoms with Crippen LogP contribution in [0.3, 0.4) is 0 Å². The lowest BCUT2D eigenvalue weighted by Gasteiger charge is -2.06. The summed E-state index contributed by atoms with van der Waals surface area (Å²) in [6.07, 6.45) is 3.72. The Kier molecular flexibility index (Phi) is 8.91. The third-order valence-electron chi connectivity index (χ3n) is 2.85. The van der Waals surface area contributed by atoms with Gasteiger partial charge in [0.1, 0.15) is 0 Å². The molecule has 1 aromatic carbocycles. The molecule has 17 heavy (non-hydrogen) atoms. The van der Waals surface area contributed by atoms with Gasteiger partial charge in [-0.25, -0.2) is 0 Å².